The highest BCUT2D eigenvalue weighted by Gasteiger charge is 2.22. The maximum Gasteiger partial charge on any atom is 0.339 e. The number of aryl methyl sites for hydroxylation is 2. The summed E-state index contributed by atoms with van der Waals surface area (Å²) in [5.41, 5.74) is 1.93. The molecular formula is C20H21ClN2O5. The van der Waals surface area contributed by atoms with Crippen molar-refractivity contribution in [3.63, 3.8) is 0 Å². The number of rotatable bonds is 5. The number of nitrogens with zero attached hydrogens (tertiary/aromatic N) is 2. The van der Waals surface area contributed by atoms with Gasteiger partial charge in [-0.25, -0.2) is 4.79 Å². The van der Waals surface area contributed by atoms with Crippen molar-refractivity contribution >= 4 is 28.5 Å². The zero-order valence-corrected chi connectivity index (χ0v) is 17.1. The van der Waals surface area contributed by atoms with Crippen LogP contribution in [0.3, 0.4) is 0 Å². The van der Waals surface area contributed by atoms with Crippen molar-refractivity contribution in [1.29, 1.82) is 0 Å². The van der Waals surface area contributed by atoms with Crippen LogP contribution in [0.2, 0.25) is 5.02 Å². The van der Waals surface area contributed by atoms with Crippen LogP contribution >= 0.6 is 11.6 Å². The van der Waals surface area contributed by atoms with Gasteiger partial charge in [-0.2, -0.15) is 0 Å². The summed E-state index contributed by atoms with van der Waals surface area (Å²) < 4.78 is 16.1. The van der Waals surface area contributed by atoms with Crippen LogP contribution < -0.4 is 10.4 Å². The second-order valence-corrected chi connectivity index (χ2v) is 7.21. The van der Waals surface area contributed by atoms with Crippen LogP contribution in [-0.2, 0) is 11.3 Å². The number of aromatic nitrogens is 1. The third-order valence-corrected chi connectivity index (χ3v) is 4.91. The van der Waals surface area contributed by atoms with Gasteiger partial charge in [-0.05, 0) is 39.3 Å². The Morgan fingerprint density at radius 1 is 1.25 bits per heavy atom. The van der Waals surface area contributed by atoms with Crippen LogP contribution in [0.1, 0.15) is 29.5 Å². The highest BCUT2D eigenvalue weighted by Crippen LogP contribution is 2.32. The van der Waals surface area contributed by atoms with Crippen LogP contribution in [0.4, 0.5) is 0 Å². The third-order valence-electron chi connectivity index (χ3n) is 4.61. The van der Waals surface area contributed by atoms with E-state index in [-0.39, 0.29) is 11.7 Å². The SMILES string of the molecule is Cc1cc(CN(C)C(=O)C(C)Oc2cc3oc(=O)c(C)c(C)c3cc2Cl)no1. The van der Waals surface area contributed by atoms with Gasteiger partial charge in [0.25, 0.3) is 5.91 Å². The van der Waals surface area contributed by atoms with Crippen molar-refractivity contribution in [2.45, 2.75) is 40.3 Å². The number of fused-ring (bicyclic) bond motifs is 1. The molecule has 0 fully saturated rings. The first-order chi connectivity index (χ1) is 13.2. The van der Waals surface area contributed by atoms with Crippen LogP contribution in [0.5, 0.6) is 5.75 Å². The van der Waals surface area contributed by atoms with Gasteiger partial charge in [-0.3, -0.25) is 4.79 Å². The molecule has 0 aliphatic heterocycles. The maximum atomic E-state index is 12.6. The van der Waals surface area contributed by atoms with E-state index >= 15 is 0 Å². The van der Waals surface area contributed by atoms with E-state index in [1.54, 1.807) is 40.0 Å². The maximum absolute atomic E-state index is 12.6. The standard InChI is InChI=1S/C20H21ClN2O5/c1-10-6-14(22-28-10)9-23(5)19(24)13(4)26-18-8-17-15(7-16(18)21)11(2)12(3)20(25)27-17/h6-8,13H,9H2,1-5H3. The molecule has 0 aliphatic carbocycles. The quantitative estimate of drug-likeness (QED) is 0.601. The second-order valence-electron chi connectivity index (χ2n) is 6.80. The molecule has 1 atom stereocenters. The molecule has 0 bridgehead atoms. The number of halogens is 1. The average Bonchev–Trinajstić information content (AvgIpc) is 3.05. The summed E-state index contributed by atoms with van der Waals surface area (Å²) in [6.07, 6.45) is -0.800. The van der Waals surface area contributed by atoms with Gasteiger partial charge in [-0.15, -0.1) is 0 Å². The largest absolute Gasteiger partial charge is 0.479 e. The zero-order chi connectivity index (χ0) is 20.6. The Morgan fingerprint density at radius 3 is 2.61 bits per heavy atom. The van der Waals surface area contributed by atoms with Gasteiger partial charge in [0.1, 0.15) is 22.8 Å². The van der Waals surface area contributed by atoms with Gasteiger partial charge in [0.2, 0.25) is 0 Å². The summed E-state index contributed by atoms with van der Waals surface area (Å²) in [5, 5.41) is 4.94. The molecule has 0 saturated heterocycles. The summed E-state index contributed by atoms with van der Waals surface area (Å²) >= 11 is 6.34. The first-order valence-corrected chi connectivity index (χ1v) is 9.12. The molecule has 148 valence electrons. The van der Waals surface area contributed by atoms with Gasteiger partial charge < -0.3 is 18.6 Å². The Morgan fingerprint density at radius 2 is 1.96 bits per heavy atom. The number of hydrogen-bond acceptors (Lipinski definition) is 6. The molecule has 2 aromatic heterocycles. The lowest BCUT2D eigenvalue weighted by Crippen LogP contribution is -2.37. The first kappa shape index (κ1) is 19.9. The number of hydrogen-bond donors (Lipinski definition) is 0. The fourth-order valence-electron chi connectivity index (χ4n) is 2.90. The molecule has 1 amide bonds. The number of ether oxygens (including phenoxy) is 1. The normalized spacial score (nSPS) is 12.2. The number of amides is 1. The Bertz CT molecular complexity index is 1100. The predicted molar refractivity (Wildman–Crippen MR) is 105 cm³/mol. The molecule has 0 spiro atoms. The Kier molecular flexibility index (Phi) is 5.47. The molecule has 8 heteroatoms. The number of benzene rings is 1. The van der Waals surface area contributed by atoms with E-state index in [0.29, 0.717) is 34.2 Å². The summed E-state index contributed by atoms with van der Waals surface area (Å²) in [7, 11) is 1.65. The summed E-state index contributed by atoms with van der Waals surface area (Å²) in [6.45, 7) is 7.24. The molecule has 3 rings (SSSR count). The molecule has 1 unspecified atom stereocenters. The molecule has 0 aliphatic rings. The molecule has 2 heterocycles. The first-order valence-electron chi connectivity index (χ1n) is 8.74. The van der Waals surface area contributed by atoms with Crippen molar-refractivity contribution in [3.8, 4) is 5.75 Å². The minimum absolute atomic E-state index is 0.252. The van der Waals surface area contributed by atoms with E-state index in [2.05, 4.69) is 5.16 Å². The third kappa shape index (κ3) is 3.89. The fourth-order valence-corrected chi connectivity index (χ4v) is 3.11. The molecule has 0 N–H and O–H groups in total. The summed E-state index contributed by atoms with van der Waals surface area (Å²) in [6, 6.07) is 4.98. The number of likely N-dealkylation sites (N-methyl/N-ethyl adjacent to an activating group) is 1. The molecular weight excluding hydrogens is 384 g/mol. The van der Waals surface area contributed by atoms with Crippen LogP contribution in [0.15, 0.2) is 31.9 Å². The molecule has 1 aromatic carbocycles. The van der Waals surface area contributed by atoms with Crippen molar-refractivity contribution in [2.24, 2.45) is 0 Å². The van der Waals surface area contributed by atoms with Gasteiger partial charge in [0.05, 0.1) is 11.6 Å². The Hall–Kier alpha value is -2.80. The Labute approximate surface area is 166 Å². The van der Waals surface area contributed by atoms with E-state index in [1.165, 1.54) is 11.0 Å². The van der Waals surface area contributed by atoms with E-state index in [4.69, 9.17) is 25.3 Å². The number of carbonyl (C=O) groups excluding carboxylic acids is 1. The topological polar surface area (TPSA) is 85.8 Å². The molecule has 7 nitrogen and oxygen atoms in total. The lowest BCUT2D eigenvalue weighted by Gasteiger charge is -2.22. The highest BCUT2D eigenvalue weighted by atomic mass is 35.5. The van der Waals surface area contributed by atoms with Crippen molar-refractivity contribution < 1.29 is 18.5 Å². The van der Waals surface area contributed by atoms with Crippen LogP contribution in [0.25, 0.3) is 11.0 Å². The van der Waals surface area contributed by atoms with E-state index < -0.39 is 11.7 Å². The lowest BCUT2D eigenvalue weighted by atomic mass is 10.1. The van der Waals surface area contributed by atoms with Crippen molar-refractivity contribution in [1.82, 2.24) is 10.1 Å². The minimum atomic E-state index is -0.800. The number of carbonyl (C=O) groups is 1. The van der Waals surface area contributed by atoms with E-state index in [9.17, 15) is 9.59 Å². The zero-order valence-electron chi connectivity index (χ0n) is 16.3. The lowest BCUT2D eigenvalue weighted by molar-refractivity contribution is -0.137. The molecule has 0 saturated carbocycles. The van der Waals surface area contributed by atoms with Crippen molar-refractivity contribution in [2.75, 3.05) is 7.05 Å². The predicted octanol–water partition coefficient (Wildman–Crippen LogP) is 3.79. The van der Waals surface area contributed by atoms with E-state index in [1.807, 2.05) is 6.92 Å². The van der Waals surface area contributed by atoms with Gasteiger partial charge in [0.15, 0.2) is 6.10 Å². The molecule has 28 heavy (non-hydrogen) atoms. The molecule has 3 aromatic rings. The summed E-state index contributed by atoms with van der Waals surface area (Å²) in [5.74, 6) is 0.695. The van der Waals surface area contributed by atoms with Gasteiger partial charge >= 0.3 is 5.63 Å². The highest BCUT2D eigenvalue weighted by molar-refractivity contribution is 6.32. The van der Waals surface area contributed by atoms with Crippen LogP contribution in [0, 0.1) is 20.8 Å². The monoisotopic (exact) mass is 404 g/mol. The van der Waals surface area contributed by atoms with Gasteiger partial charge in [0, 0.05) is 30.1 Å². The Balaban J connectivity index is 1.81. The average molecular weight is 405 g/mol. The van der Waals surface area contributed by atoms with Crippen LogP contribution in [-0.4, -0.2) is 29.1 Å². The smallest absolute Gasteiger partial charge is 0.339 e. The molecule has 0 radical (unpaired) electrons. The van der Waals surface area contributed by atoms with E-state index in [0.717, 1.165) is 10.9 Å². The fraction of sp³-hybridized carbons (Fsp3) is 0.350. The van der Waals surface area contributed by atoms with Crippen molar-refractivity contribution in [3.05, 3.63) is 56.2 Å². The van der Waals surface area contributed by atoms with Gasteiger partial charge in [-0.1, -0.05) is 16.8 Å². The minimum Gasteiger partial charge on any atom is -0.479 e. The summed E-state index contributed by atoms with van der Waals surface area (Å²) in [4.78, 5) is 26.0. The second kappa shape index (κ2) is 7.67.